The molecule has 0 spiro atoms. The molecule has 1 atom stereocenters. The van der Waals surface area contributed by atoms with E-state index in [1.54, 1.807) is 4.90 Å². The summed E-state index contributed by atoms with van der Waals surface area (Å²) in [5, 5.41) is 0. The fourth-order valence-corrected chi connectivity index (χ4v) is 2.52. The molecule has 0 aliphatic carbocycles. The molecule has 2 fully saturated rings. The second-order valence-electron chi connectivity index (χ2n) is 4.21. The van der Waals surface area contributed by atoms with Crippen LogP contribution in [0.15, 0.2) is 12.7 Å². The van der Waals surface area contributed by atoms with Crippen LogP contribution in [0.5, 0.6) is 0 Å². The van der Waals surface area contributed by atoms with E-state index < -0.39 is 0 Å². The van der Waals surface area contributed by atoms with Gasteiger partial charge in [0.2, 0.25) is 5.91 Å². The van der Waals surface area contributed by atoms with Crippen molar-refractivity contribution in [3.8, 4) is 0 Å². The molecule has 2 rings (SSSR count). The molecule has 5 nitrogen and oxygen atoms in total. The number of amides is 2. The maximum atomic E-state index is 11.7. The minimum absolute atomic E-state index is 0.0516. The first kappa shape index (κ1) is 12.4. The molecule has 2 amide bonds. The van der Waals surface area contributed by atoms with Crippen LogP contribution in [0.2, 0.25) is 0 Å². The highest BCUT2D eigenvalue weighted by atomic mass is 79.9. The van der Waals surface area contributed by atoms with Crippen LogP contribution in [0, 0.1) is 0 Å². The molecule has 2 heterocycles. The van der Waals surface area contributed by atoms with Crippen molar-refractivity contribution in [3.63, 3.8) is 0 Å². The van der Waals surface area contributed by atoms with Gasteiger partial charge in [-0.1, -0.05) is 28.6 Å². The smallest absolute Gasteiger partial charge is 0.410 e. The van der Waals surface area contributed by atoms with Crippen molar-refractivity contribution in [1.29, 1.82) is 0 Å². The number of carbonyl (C=O) groups excluding carboxylic acids is 2. The average Bonchev–Trinajstić information content (AvgIpc) is 2.56. The van der Waals surface area contributed by atoms with Gasteiger partial charge >= 0.3 is 6.09 Å². The third kappa shape index (κ3) is 2.46. The van der Waals surface area contributed by atoms with E-state index in [0.29, 0.717) is 13.1 Å². The number of nitrogens with zero attached hydrogens (tertiary/aromatic N) is 2. The first-order chi connectivity index (χ1) is 8.13. The number of halogens is 1. The largest absolute Gasteiger partial charge is 0.445 e. The molecule has 2 aliphatic rings. The third-order valence-corrected chi connectivity index (χ3v) is 3.91. The standard InChI is InChI=1S/C11H15BrN2O3/c1-2-5-17-11(16)13-6-8(7-13)14-4-3-9(12)10(14)15/h2,8-9H,1,3-7H2. The fourth-order valence-electron chi connectivity index (χ4n) is 2.05. The van der Waals surface area contributed by atoms with Gasteiger partial charge in [-0.15, -0.1) is 0 Å². The molecule has 94 valence electrons. The number of rotatable bonds is 3. The Hall–Kier alpha value is -1.04. The van der Waals surface area contributed by atoms with E-state index in [-0.39, 0.29) is 29.5 Å². The molecular formula is C11H15BrN2O3. The van der Waals surface area contributed by atoms with Gasteiger partial charge in [0.15, 0.2) is 0 Å². The van der Waals surface area contributed by atoms with Gasteiger partial charge in [-0.2, -0.15) is 0 Å². The van der Waals surface area contributed by atoms with Crippen LogP contribution in [0.3, 0.4) is 0 Å². The zero-order chi connectivity index (χ0) is 12.4. The Morgan fingerprint density at radius 2 is 2.29 bits per heavy atom. The highest BCUT2D eigenvalue weighted by Crippen LogP contribution is 2.25. The monoisotopic (exact) mass is 302 g/mol. The number of likely N-dealkylation sites (tertiary alicyclic amines) is 2. The molecule has 0 aromatic rings. The molecule has 0 saturated carbocycles. The van der Waals surface area contributed by atoms with Gasteiger partial charge in [0.25, 0.3) is 0 Å². The predicted octanol–water partition coefficient (Wildman–Crippen LogP) is 0.989. The van der Waals surface area contributed by atoms with Crippen molar-refractivity contribution in [2.45, 2.75) is 17.3 Å². The molecule has 0 radical (unpaired) electrons. The van der Waals surface area contributed by atoms with Crippen LogP contribution in [0.25, 0.3) is 0 Å². The van der Waals surface area contributed by atoms with E-state index >= 15 is 0 Å². The molecule has 2 aliphatic heterocycles. The van der Waals surface area contributed by atoms with Crippen LogP contribution >= 0.6 is 15.9 Å². The van der Waals surface area contributed by atoms with E-state index in [9.17, 15) is 9.59 Å². The molecule has 6 heteroatoms. The maximum Gasteiger partial charge on any atom is 0.410 e. The summed E-state index contributed by atoms with van der Waals surface area (Å²) in [7, 11) is 0. The lowest BCUT2D eigenvalue weighted by Crippen LogP contribution is -2.61. The zero-order valence-corrected chi connectivity index (χ0v) is 11.1. The minimum atomic E-state index is -0.330. The Balaban J connectivity index is 1.77. The molecule has 1 unspecified atom stereocenters. The average molecular weight is 303 g/mol. The lowest BCUT2D eigenvalue weighted by Gasteiger charge is -2.43. The Labute approximate surface area is 109 Å². The SMILES string of the molecule is C=CCOC(=O)N1CC(N2CCC(Br)C2=O)C1. The first-order valence-electron chi connectivity index (χ1n) is 5.60. The van der Waals surface area contributed by atoms with E-state index in [1.807, 2.05) is 4.90 Å². The van der Waals surface area contributed by atoms with Gasteiger partial charge < -0.3 is 14.5 Å². The summed E-state index contributed by atoms with van der Waals surface area (Å²) < 4.78 is 4.91. The summed E-state index contributed by atoms with van der Waals surface area (Å²) in [5.74, 6) is 0.133. The number of ether oxygens (including phenoxy) is 1. The molecular weight excluding hydrogens is 288 g/mol. The highest BCUT2D eigenvalue weighted by molar-refractivity contribution is 9.10. The lowest BCUT2D eigenvalue weighted by atomic mass is 10.1. The van der Waals surface area contributed by atoms with Gasteiger partial charge in [-0.05, 0) is 6.42 Å². The van der Waals surface area contributed by atoms with Crippen molar-refractivity contribution in [2.24, 2.45) is 0 Å². The van der Waals surface area contributed by atoms with Gasteiger partial charge in [0.05, 0.1) is 10.9 Å². The maximum absolute atomic E-state index is 11.7. The number of alkyl halides is 1. The van der Waals surface area contributed by atoms with Crippen molar-refractivity contribution >= 4 is 27.9 Å². The summed E-state index contributed by atoms with van der Waals surface area (Å²) in [6.07, 6.45) is 2.05. The van der Waals surface area contributed by atoms with E-state index in [4.69, 9.17) is 4.74 Å². The summed E-state index contributed by atoms with van der Waals surface area (Å²) in [6.45, 7) is 5.62. The Kier molecular flexibility index (Phi) is 3.71. The van der Waals surface area contributed by atoms with Gasteiger partial charge in [-0.3, -0.25) is 4.79 Å². The van der Waals surface area contributed by atoms with Crippen molar-refractivity contribution in [2.75, 3.05) is 26.2 Å². The molecule has 17 heavy (non-hydrogen) atoms. The lowest BCUT2D eigenvalue weighted by molar-refractivity contribution is -0.131. The van der Waals surface area contributed by atoms with Crippen molar-refractivity contribution < 1.29 is 14.3 Å². The van der Waals surface area contributed by atoms with Crippen LogP contribution in [-0.4, -0.2) is 58.9 Å². The van der Waals surface area contributed by atoms with E-state index in [0.717, 1.165) is 13.0 Å². The Morgan fingerprint density at radius 1 is 1.59 bits per heavy atom. The van der Waals surface area contributed by atoms with Crippen molar-refractivity contribution in [3.05, 3.63) is 12.7 Å². The number of hydrogen-bond acceptors (Lipinski definition) is 3. The summed E-state index contributed by atoms with van der Waals surface area (Å²) in [6, 6.07) is 0.154. The second-order valence-corrected chi connectivity index (χ2v) is 5.32. The third-order valence-electron chi connectivity index (χ3n) is 3.06. The number of hydrogen-bond donors (Lipinski definition) is 0. The topological polar surface area (TPSA) is 49.9 Å². The van der Waals surface area contributed by atoms with Gasteiger partial charge in [0.1, 0.15) is 6.61 Å². The van der Waals surface area contributed by atoms with Crippen molar-refractivity contribution in [1.82, 2.24) is 9.80 Å². The van der Waals surface area contributed by atoms with Crippen LogP contribution in [-0.2, 0) is 9.53 Å². The van der Waals surface area contributed by atoms with E-state index in [2.05, 4.69) is 22.5 Å². The normalized spacial score (nSPS) is 24.8. The molecule has 0 bridgehead atoms. The number of carbonyl (C=O) groups is 2. The minimum Gasteiger partial charge on any atom is -0.445 e. The van der Waals surface area contributed by atoms with Gasteiger partial charge in [-0.25, -0.2) is 4.79 Å². The van der Waals surface area contributed by atoms with Crippen LogP contribution in [0.1, 0.15) is 6.42 Å². The first-order valence-corrected chi connectivity index (χ1v) is 6.52. The quantitative estimate of drug-likeness (QED) is 0.577. The van der Waals surface area contributed by atoms with Gasteiger partial charge in [0, 0.05) is 19.6 Å². The summed E-state index contributed by atoms with van der Waals surface area (Å²) in [5.41, 5.74) is 0. The van der Waals surface area contributed by atoms with Crippen LogP contribution < -0.4 is 0 Å². The van der Waals surface area contributed by atoms with E-state index in [1.165, 1.54) is 6.08 Å². The fraction of sp³-hybridized carbons (Fsp3) is 0.636. The second kappa shape index (κ2) is 5.08. The van der Waals surface area contributed by atoms with Crippen LogP contribution in [0.4, 0.5) is 4.79 Å². The zero-order valence-electron chi connectivity index (χ0n) is 9.47. The summed E-state index contributed by atoms with van der Waals surface area (Å²) in [4.78, 5) is 26.5. The Bertz CT molecular complexity index is 342. The molecule has 0 aromatic heterocycles. The predicted molar refractivity (Wildman–Crippen MR) is 66.0 cm³/mol. The molecule has 0 N–H and O–H groups in total. The Morgan fingerprint density at radius 3 is 2.82 bits per heavy atom. The highest BCUT2D eigenvalue weighted by Gasteiger charge is 2.41. The summed E-state index contributed by atoms with van der Waals surface area (Å²) >= 11 is 3.34. The molecule has 2 saturated heterocycles. The molecule has 0 aromatic carbocycles.